The molecule has 0 aromatic heterocycles. The van der Waals surface area contributed by atoms with E-state index in [2.05, 4.69) is 11.1 Å². The average Bonchev–Trinajstić information content (AvgIpc) is 1.63. The van der Waals surface area contributed by atoms with Crippen molar-refractivity contribution in [3.8, 4) is 0 Å². The molecule has 5 heteroatoms. The molecule has 0 unspecified atom stereocenters. The largest absolute Gasteiger partial charge is 0.369 e. The molecule has 5 nitrogen and oxygen atoms in total. The highest BCUT2D eigenvalue weighted by Gasteiger charge is 2.01. The third-order valence-corrected chi connectivity index (χ3v) is 0.634. The monoisotopic (exact) mass is 131 g/mol. The number of carbonyl (C=O) groups is 2. The van der Waals surface area contributed by atoms with Gasteiger partial charge in [-0.25, -0.2) is 0 Å². The van der Waals surface area contributed by atoms with Crippen molar-refractivity contribution in [3.05, 3.63) is 0 Å². The maximum atomic E-state index is 10.4. The minimum absolute atomic E-state index is 0.0338. The van der Waals surface area contributed by atoms with Gasteiger partial charge in [0.05, 0.1) is 6.67 Å². The lowest BCUT2D eigenvalue weighted by atomic mass is 10.4. The Morgan fingerprint density at radius 1 is 1.44 bits per heavy atom. The van der Waals surface area contributed by atoms with Gasteiger partial charge in [0, 0.05) is 0 Å². The van der Waals surface area contributed by atoms with Crippen LogP contribution in [-0.2, 0) is 9.59 Å². The molecule has 0 saturated heterocycles. The summed E-state index contributed by atoms with van der Waals surface area (Å²) in [4.78, 5) is 20.4. The molecule has 0 atom stereocenters. The van der Waals surface area contributed by atoms with Crippen LogP contribution in [0.15, 0.2) is 0 Å². The van der Waals surface area contributed by atoms with Crippen LogP contribution in [0.4, 0.5) is 0 Å². The second kappa shape index (κ2) is 3.85. The number of carbonyl (C=O) groups excluding carboxylic acids is 2. The van der Waals surface area contributed by atoms with E-state index in [4.69, 9.17) is 5.73 Å². The van der Waals surface area contributed by atoms with E-state index in [9.17, 15) is 9.59 Å². The van der Waals surface area contributed by atoms with Gasteiger partial charge in [0.2, 0.25) is 11.8 Å². The van der Waals surface area contributed by atoms with Crippen LogP contribution < -0.4 is 16.8 Å². The van der Waals surface area contributed by atoms with E-state index in [-0.39, 0.29) is 13.1 Å². The zero-order valence-corrected chi connectivity index (χ0v) is 4.89. The third-order valence-electron chi connectivity index (χ3n) is 0.634. The van der Waals surface area contributed by atoms with Crippen molar-refractivity contribution in [2.45, 2.75) is 6.42 Å². The Hall–Kier alpha value is -1.10. The van der Waals surface area contributed by atoms with Gasteiger partial charge in [0.1, 0.15) is 6.42 Å². The van der Waals surface area contributed by atoms with E-state index in [0.717, 1.165) is 0 Å². The van der Waals surface area contributed by atoms with Crippen LogP contribution in [0.1, 0.15) is 6.42 Å². The van der Waals surface area contributed by atoms with Crippen molar-refractivity contribution in [2.24, 2.45) is 11.5 Å². The van der Waals surface area contributed by atoms with Crippen molar-refractivity contribution in [2.75, 3.05) is 6.67 Å². The fourth-order valence-electron chi connectivity index (χ4n) is 0.335. The Morgan fingerprint density at radius 2 is 2.00 bits per heavy atom. The van der Waals surface area contributed by atoms with Gasteiger partial charge in [-0.05, 0) is 0 Å². The summed E-state index contributed by atoms with van der Waals surface area (Å²) < 4.78 is 0. The zero-order valence-electron chi connectivity index (χ0n) is 4.89. The molecule has 0 heterocycles. The van der Waals surface area contributed by atoms with E-state index in [1.807, 2.05) is 0 Å². The maximum absolute atomic E-state index is 10.4. The number of rotatable bonds is 3. The van der Waals surface area contributed by atoms with Crippen LogP contribution in [0, 0.1) is 0 Å². The SMILES string of the molecule is NCNC(=O)CC(N)=O. The molecule has 5 N–H and O–H groups in total. The lowest BCUT2D eigenvalue weighted by molar-refractivity contribution is -0.127. The summed E-state index contributed by atoms with van der Waals surface area (Å²) >= 11 is 0. The van der Waals surface area contributed by atoms with Crippen LogP contribution in [0.25, 0.3) is 0 Å². The Morgan fingerprint density at radius 3 is 2.33 bits per heavy atom. The van der Waals surface area contributed by atoms with Crippen LogP contribution >= 0.6 is 0 Å². The molecule has 0 aliphatic heterocycles. The van der Waals surface area contributed by atoms with Gasteiger partial charge < -0.3 is 16.8 Å². The molecule has 52 valence electrons. The highest BCUT2D eigenvalue weighted by molar-refractivity contribution is 5.95. The van der Waals surface area contributed by atoms with Crippen LogP contribution in [0.5, 0.6) is 0 Å². The van der Waals surface area contributed by atoms with Gasteiger partial charge in [-0.1, -0.05) is 0 Å². The lowest BCUT2D eigenvalue weighted by Gasteiger charge is -1.96. The molecule has 0 aliphatic rings. The van der Waals surface area contributed by atoms with Gasteiger partial charge in [-0.3, -0.25) is 9.59 Å². The topological polar surface area (TPSA) is 98.2 Å². The van der Waals surface area contributed by atoms with Gasteiger partial charge in [-0.2, -0.15) is 0 Å². The summed E-state index contributed by atoms with van der Waals surface area (Å²) in [7, 11) is 0. The first kappa shape index (κ1) is 7.90. The predicted molar refractivity (Wildman–Crippen MR) is 31.0 cm³/mol. The molecular weight excluding hydrogens is 122 g/mol. The number of amides is 2. The molecule has 0 fully saturated rings. The molecular formula is C4H9N3O2. The Labute approximate surface area is 52.4 Å². The minimum Gasteiger partial charge on any atom is -0.369 e. The molecule has 9 heavy (non-hydrogen) atoms. The molecule has 0 aromatic rings. The Kier molecular flexibility index (Phi) is 3.38. The first-order valence-corrected chi connectivity index (χ1v) is 2.42. The van der Waals surface area contributed by atoms with Crippen molar-refractivity contribution < 1.29 is 9.59 Å². The molecule has 0 aromatic carbocycles. The van der Waals surface area contributed by atoms with Crippen LogP contribution in [-0.4, -0.2) is 18.5 Å². The van der Waals surface area contributed by atoms with E-state index in [0.29, 0.717) is 0 Å². The summed E-state index contributed by atoms with van der Waals surface area (Å²) in [6.45, 7) is 0.0338. The number of nitrogens with one attached hydrogen (secondary N) is 1. The van der Waals surface area contributed by atoms with E-state index in [1.54, 1.807) is 0 Å². The number of nitrogens with two attached hydrogens (primary N) is 2. The normalized spacial score (nSPS) is 8.56. The maximum Gasteiger partial charge on any atom is 0.230 e. The molecule has 0 radical (unpaired) electrons. The number of hydrogen-bond donors (Lipinski definition) is 3. The molecule has 0 spiro atoms. The predicted octanol–water partition coefficient (Wildman–Crippen LogP) is -2.11. The second-order valence-electron chi connectivity index (χ2n) is 1.45. The van der Waals surface area contributed by atoms with Crippen molar-refractivity contribution in [1.82, 2.24) is 5.32 Å². The highest BCUT2D eigenvalue weighted by Crippen LogP contribution is 1.73. The van der Waals surface area contributed by atoms with Crippen LogP contribution in [0.2, 0.25) is 0 Å². The molecule has 0 bridgehead atoms. The molecule has 0 saturated carbocycles. The van der Waals surface area contributed by atoms with E-state index < -0.39 is 11.8 Å². The summed E-state index contributed by atoms with van der Waals surface area (Å²) in [6.07, 6.45) is -0.294. The molecule has 2 amide bonds. The quantitative estimate of drug-likeness (QED) is 0.302. The Balaban J connectivity index is 3.39. The van der Waals surface area contributed by atoms with E-state index in [1.165, 1.54) is 0 Å². The highest BCUT2D eigenvalue weighted by atomic mass is 16.2. The van der Waals surface area contributed by atoms with Crippen molar-refractivity contribution >= 4 is 11.8 Å². The summed E-state index contributed by atoms with van der Waals surface area (Å²) in [5.41, 5.74) is 9.60. The standard InChI is InChI=1S/C4H9N3O2/c5-2-7-4(9)1-3(6)8/h1-2,5H2,(H2,6,8)(H,7,9). The van der Waals surface area contributed by atoms with Gasteiger partial charge >= 0.3 is 0 Å². The number of primary amides is 1. The first-order chi connectivity index (χ1) is 4.16. The lowest BCUT2D eigenvalue weighted by Crippen LogP contribution is -2.32. The summed E-state index contributed by atoms with van der Waals surface area (Å²) in [5.74, 6) is -1.09. The number of hydrogen-bond acceptors (Lipinski definition) is 3. The van der Waals surface area contributed by atoms with Crippen molar-refractivity contribution in [3.63, 3.8) is 0 Å². The van der Waals surface area contributed by atoms with Gasteiger partial charge in [0.25, 0.3) is 0 Å². The zero-order chi connectivity index (χ0) is 7.28. The molecule has 0 rings (SSSR count). The second-order valence-corrected chi connectivity index (χ2v) is 1.45. The fraction of sp³-hybridized carbons (Fsp3) is 0.500. The summed E-state index contributed by atoms with van der Waals surface area (Å²) in [6, 6.07) is 0. The van der Waals surface area contributed by atoms with Crippen molar-refractivity contribution in [1.29, 1.82) is 0 Å². The fourth-order valence-corrected chi connectivity index (χ4v) is 0.335. The minimum atomic E-state index is -0.652. The molecule has 0 aliphatic carbocycles. The average molecular weight is 131 g/mol. The Bertz CT molecular complexity index is 123. The van der Waals surface area contributed by atoms with Crippen LogP contribution in [0.3, 0.4) is 0 Å². The third kappa shape index (κ3) is 4.76. The first-order valence-electron chi connectivity index (χ1n) is 2.42. The summed E-state index contributed by atoms with van der Waals surface area (Å²) in [5, 5.41) is 2.21. The van der Waals surface area contributed by atoms with Gasteiger partial charge in [0.15, 0.2) is 0 Å². The smallest absolute Gasteiger partial charge is 0.230 e. The van der Waals surface area contributed by atoms with E-state index >= 15 is 0 Å². The van der Waals surface area contributed by atoms with Gasteiger partial charge in [-0.15, -0.1) is 0 Å².